The van der Waals surface area contributed by atoms with Crippen LogP contribution in [0.5, 0.6) is 0 Å². The largest absolute Gasteiger partial charge is 0.472 e. The van der Waals surface area contributed by atoms with Gasteiger partial charge in [-0.05, 0) is 25.7 Å². The van der Waals surface area contributed by atoms with Crippen LogP contribution in [0.25, 0.3) is 0 Å². The van der Waals surface area contributed by atoms with Gasteiger partial charge in [0.05, 0.1) is 26.4 Å². The van der Waals surface area contributed by atoms with Gasteiger partial charge in [0.15, 0.2) is 12.2 Å². The van der Waals surface area contributed by atoms with Crippen LogP contribution in [-0.4, -0.2) is 96.7 Å². The Morgan fingerprint density at radius 1 is 0.264 bits per heavy atom. The molecule has 0 amide bonds. The summed E-state index contributed by atoms with van der Waals surface area (Å²) in [7, 11) is -9.89. The Kier molecular flexibility index (Phi) is 65.2. The molecule has 0 aliphatic heterocycles. The van der Waals surface area contributed by atoms with Gasteiger partial charge in [0.2, 0.25) is 0 Å². The third kappa shape index (κ3) is 66.5. The molecule has 0 aliphatic carbocycles. The summed E-state index contributed by atoms with van der Waals surface area (Å²) >= 11 is 0. The first-order valence-electron chi connectivity index (χ1n) is 37.8. The molecule has 3 N–H and O–H groups in total. The van der Waals surface area contributed by atoms with Crippen LogP contribution >= 0.6 is 15.6 Å². The monoisotopic (exact) mass is 1340 g/mol. The molecule has 91 heavy (non-hydrogen) atoms. The van der Waals surface area contributed by atoms with Gasteiger partial charge in [-0.3, -0.25) is 37.3 Å². The summed E-state index contributed by atoms with van der Waals surface area (Å²) in [5.74, 6) is -2.12. The molecule has 0 fully saturated rings. The van der Waals surface area contributed by atoms with E-state index in [1.807, 2.05) is 0 Å². The van der Waals surface area contributed by atoms with Gasteiger partial charge in [-0.25, -0.2) is 9.13 Å². The molecule has 0 bridgehead atoms. The van der Waals surface area contributed by atoms with Crippen molar-refractivity contribution in [2.24, 2.45) is 0 Å². The molecular formula is C72H140O17P2. The minimum atomic E-state index is -4.95. The lowest BCUT2D eigenvalue weighted by Gasteiger charge is -2.21. The Morgan fingerprint density at radius 3 is 0.648 bits per heavy atom. The highest BCUT2D eigenvalue weighted by atomic mass is 31.2. The molecule has 0 saturated carbocycles. The van der Waals surface area contributed by atoms with Crippen molar-refractivity contribution in [3.8, 4) is 0 Å². The lowest BCUT2D eigenvalue weighted by molar-refractivity contribution is -0.161. The lowest BCUT2D eigenvalue weighted by atomic mass is 10.0. The highest BCUT2D eigenvalue weighted by Gasteiger charge is 2.30. The predicted molar refractivity (Wildman–Crippen MR) is 368 cm³/mol. The molecule has 17 nitrogen and oxygen atoms in total. The van der Waals surface area contributed by atoms with Crippen molar-refractivity contribution in [2.75, 3.05) is 39.6 Å². The minimum Gasteiger partial charge on any atom is -0.462 e. The van der Waals surface area contributed by atoms with Crippen molar-refractivity contribution >= 4 is 39.5 Å². The molecule has 0 saturated heterocycles. The maximum Gasteiger partial charge on any atom is 0.472 e. The average Bonchev–Trinajstić information content (AvgIpc) is 3.74. The molecule has 19 heteroatoms. The SMILES string of the molecule is CCCCCCCCCCCCCCCCCCCCCCCC(=O)O[C@H](COC(=O)CCCCCCCCCCCCCCC)COP(=O)(O)OC[C@@H](O)COP(=O)(O)OC[C@@H](COC(=O)CCCCCCCCC)OC(=O)CCCCCCCCCCCC. The number of hydrogen-bond acceptors (Lipinski definition) is 15. The van der Waals surface area contributed by atoms with Crippen molar-refractivity contribution in [3.05, 3.63) is 0 Å². The van der Waals surface area contributed by atoms with Crippen molar-refractivity contribution in [2.45, 2.75) is 399 Å². The summed E-state index contributed by atoms with van der Waals surface area (Å²) in [5, 5.41) is 10.6. The fourth-order valence-corrected chi connectivity index (χ4v) is 12.6. The van der Waals surface area contributed by atoms with Crippen molar-refractivity contribution in [1.29, 1.82) is 0 Å². The van der Waals surface area contributed by atoms with Gasteiger partial charge >= 0.3 is 39.5 Å². The summed E-state index contributed by atoms with van der Waals surface area (Å²) < 4.78 is 68.2. The van der Waals surface area contributed by atoms with E-state index in [0.29, 0.717) is 25.7 Å². The second kappa shape index (κ2) is 66.7. The van der Waals surface area contributed by atoms with Crippen LogP contribution in [0.1, 0.15) is 381 Å². The third-order valence-corrected chi connectivity index (χ3v) is 18.8. The minimum absolute atomic E-state index is 0.107. The highest BCUT2D eigenvalue weighted by molar-refractivity contribution is 7.47. The quantitative estimate of drug-likeness (QED) is 0.0222. The van der Waals surface area contributed by atoms with Gasteiger partial charge in [-0.15, -0.1) is 0 Å². The fourth-order valence-electron chi connectivity index (χ4n) is 11.0. The van der Waals surface area contributed by atoms with Gasteiger partial charge in [-0.2, -0.15) is 0 Å². The van der Waals surface area contributed by atoms with Crippen molar-refractivity contribution in [3.63, 3.8) is 0 Å². The average molecular weight is 1340 g/mol. The van der Waals surface area contributed by atoms with Gasteiger partial charge in [0.25, 0.3) is 0 Å². The van der Waals surface area contributed by atoms with Crippen molar-refractivity contribution in [1.82, 2.24) is 0 Å². The Hall–Kier alpha value is -1.94. The van der Waals surface area contributed by atoms with E-state index in [-0.39, 0.29) is 25.7 Å². The zero-order valence-corrected chi connectivity index (χ0v) is 60.6. The first kappa shape index (κ1) is 89.1. The van der Waals surface area contributed by atoms with Gasteiger partial charge in [0, 0.05) is 25.7 Å². The molecule has 0 aliphatic rings. The summed E-state index contributed by atoms with van der Waals surface area (Å²) in [4.78, 5) is 72.4. The maximum atomic E-state index is 13.0. The molecule has 2 unspecified atom stereocenters. The Balaban J connectivity index is 5.14. The summed E-state index contributed by atoms with van der Waals surface area (Å²) in [6.45, 7) is 4.91. The van der Waals surface area contributed by atoms with Gasteiger partial charge in [0.1, 0.15) is 19.3 Å². The number of aliphatic hydroxyl groups excluding tert-OH is 1. The van der Waals surface area contributed by atoms with E-state index in [4.69, 9.17) is 37.0 Å². The molecule has 0 aromatic carbocycles. The molecule has 0 spiro atoms. The number of ether oxygens (including phenoxy) is 4. The number of esters is 4. The van der Waals surface area contributed by atoms with Crippen LogP contribution in [0, 0.1) is 0 Å². The second-order valence-electron chi connectivity index (χ2n) is 26.0. The number of phosphoric ester groups is 2. The van der Waals surface area contributed by atoms with Crippen LogP contribution in [0.4, 0.5) is 0 Å². The van der Waals surface area contributed by atoms with Crippen LogP contribution in [0.3, 0.4) is 0 Å². The maximum absolute atomic E-state index is 13.0. The van der Waals surface area contributed by atoms with Gasteiger partial charge in [-0.1, -0.05) is 329 Å². The molecule has 5 atom stereocenters. The highest BCUT2D eigenvalue weighted by Crippen LogP contribution is 2.45. The van der Waals surface area contributed by atoms with E-state index in [2.05, 4.69) is 27.7 Å². The molecule has 0 rings (SSSR count). The number of aliphatic hydroxyl groups is 1. The first-order chi connectivity index (χ1) is 44.2. The Bertz CT molecular complexity index is 1740. The fraction of sp³-hybridized carbons (Fsp3) is 0.944. The van der Waals surface area contributed by atoms with Crippen LogP contribution < -0.4 is 0 Å². The summed E-state index contributed by atoms with van der Waals surface area (Å²) in [6, 6.07) is 0. The normalized spacial score (nSPS) is 14.0. The molecule has 0 aromatic heterocycles. The van der Waals surface area contributed by atoms with Crippen LogP contribution in [0.15, 0.2) is 0 Å². The first-order valence-corrected chi connectivity index (χ1v) is 40.8. The lowest BCUT2D eigenvalue weighted by Crippen LogP contribution is -2.30. The Labute approximate surface area is 556 Å². The number of rotatable bonds is 73. The third-order valence-electron chi connectivity index (χ3n) is 16.9. The summed E-state index contributed by atoms with van der Waals surface area (Å²) in [6.07, 6.45) is 55.7. The predicted octanol–water partition coefficient (Wildman–Crippen LogP) is 21.1. The van der Waals surface area contributed by atoms with Crippen LogP contribution in [0.2, 0.25) is 0 Å². The number of phosphoric acid groups is 2. The molecule has 0 aromatic rings. The van der Waals surface area contributed by atoms with E-state index in [1.54, 1.807) is 0 Å². The van der Waals surface area contributed by atoms with E-state index in [9.17, 15) is 43.2 Å². The van der Waals surface area contributed by atoms with E-state index in [1.165, 1.54) is 199 Å². The zero-order chi connectivity index (χ0) is 66.8. The molecule has 0 heterocycles. The number of carbonyl (C=O) groups is 4. The molecule has 540 valence electrons. The second-order valence-corrected chi connectivity index (χ2v) is 28.9. The topological polar surface area (TPSA) is 237 Å². The van der Waals surface area contributed by atoms with Gasteiger partial charge < -0.3 is 33.8 Å². The number of hydrogen-bond donors (Lipinski definition) is 3. The summed E-state index contributed by atoms with van der Waals surface area (Å²) in [5.41, 5.74) is 0. The van der Waals surface area contributed by atoms with Crippen molar-refractivity contribution < 1.29 is 80.2 Å². The zero-order valence-electron chi connectivity index (χ0n) is 58.8. The molecule has 0 radical (unpaired) electrons. The van der Waals surface area contributed by atoms with E-state index < -0.39 is 97.5 Å². The smallest absolute Gasteiger partial charge is 0.462 e. The molecular weight excluding hydrogens is 1200 g/mol. The number of unbranched alkanes of at least 4 members (excludes halogenated alkanes) is 47. The Morgan fingerprint density at radius 2 is 0.440 bits per heavy atom. The van der Waals surface area contributed by atoms with E-state index in [0.717, 1.165) is 103 Å². The standard InChI is InChI=1S/C72H140O17P2/c1-5-9-13-17-21-24-27-29-30-31-32-33-34-35-36-38-40-43-47-51-55-59-72(77)89-68(63-83-70(75)57-53-49-45-42-39-37-28-25-22-18-14-10-6-2)65-87-91(80,81)85-61-66(73)60-84-90(78,79)86-64-67(62-82-69(74)56-52-48-44-20-16-12-8-4)88-71(76)58-54-50-46-41-26-23-19-15-11-7-3/h66-68,73H,5-65H2,1-4H3,(H,78,79)(H,80,81)/t66-,67+,68+/m0/s1. The van der Waals surface area contributed by atoms with Crippen LogP contribution in [-0.2, 0) is 65.4 Å². The van der Waals surface area contributed by atoms with E-state index >= 15 is 0 Å². The number of carbonyl (C=O) groups excluding carboxylic acids is 4.